The quantitative estimate of drug-likeness (QED) is 0.904. The van der Waals surface area contributed by atoms with Crippen LogP contribution in [0.1, 0.15) is 61.2 Å². The molecule has 0 aromatic carbocycles. The van der Waals surface area contributed by atoms with Crippen LogP contribution >= 0.6 is 11.8 Å². The van der Waals surface area contributed by atoms with Crippen molar-refractivity contribution in [1.82, 2.24) is 15.4 Å². The molecule has 2 bridgehead atoms. The second-order valence-electron chi connectivity index (χ2n) is 7.52. The molecule has 4 heterocycles. The van der Waals surface area contributed by atoms with Gasteiger partial charge < -0.3 is 14.7 Å². The molecule has 1 aromatic rings. The number of rotatable bonds is 4. The van der Waals surface area contributed by atoms with Crippen molar-refractivity contribution in [2.24, 2.45) is 5.92 Å². The van der Waals surface area contributed by atoms with Crippen molar-refractivity contribution in [2.75, 3.05) is 19.6 Å². The van der Waals surface area contributed by atoms with Crippen LogP contribution in [-0.4, -0.2) is 46.9 Å². The molecular formula is C18H27N3O2S. The molecule has 1 amide bonds. The van der Waals surface area contributed by atoms with E-state index in [0.717, 1.165) is 17.1 Å². The summed E-state index contributed by atoms with van der Waals surface area (Å²) >= 11 is 1.80. The molecule has 0 spiro atoms. The zero-order chi connectivity index (χ0) is 16.5. The van der Waals surface area contributed by atoms with E-state index in [2.05, 4.69) is 15.4 Å². The van der Waals surface area contributed by atoms with Crippen LogP contribution in [0.2, 0.25) is 0 Å². The molecule has 6 heteroatoms. The predicted molar refractivity (Wildman–Crippen MR) is 94.4 cm³/mol. The van der Waals surface area contributed by atoms with Gasteiger partial charge in [0.1, 0.15) is 0 Å². The van der Waals surface area contributed by atoms with Crippen molar-refractivity contribution in [3.63, 3.8) is 0 Å². The number of carbonyl (C=O) groups excluding carboxylic acids is 1. The summed E-state index contributed by atoms with van der Waals surface area (Å²) in [5.74, 6) is 0.976. The van der Waals surface area contributed by atoms with Crippen LogP contribution in [-0.2, 0) is 0 Å². The lowest BCUT2D eigenvalue weighted by Crippen LogP contribution is -2.57. The third-order valence-electron chi connectivity index (χ3n) is 5.82. The van der Waals surface area contributed by atoms with Crippen molar-refractivity contribution in [3.8, 4) is 0 Å². The van der Waals surface area contributed by atoms with Gasteiger partial charge in [0.2, 0.25) is 5.76 Å². The minimum absolute atomic E-state index is 0.0762. The summed E-state index contributed by atoms with van der Waals surface area (Å²) in [7, 11) is 0. The zero-order valence-electron chi connectivity index (χ0n) is 14.4. The maximum Gasteiger partial charge on any atom is 0.291 e. The van der Waals surface area contributed by atoms with Crippen molar-refractivity contribution in [2.45, 2.75) is 68.1 Å². The molecule has 4 fully saturated rings. The molecule has 1 atom stereocenters. The van der Waals surface area contributed by atoms with Gasteiger partial charge in [0.15, 0.2) is 0 Å². The molecule has 0 radical (unpaired) electrons. The van der Waals surface area contributed by atoms with Crippen molar-refractivity contribution in [3.05, 3.63) is 11.5 Å². The van der Waals surface area contributed by atoms with Gasteiger partial charge >= 0.3 is 0 Å². The van der Waals surface area contributed by atoms with Gasteiger partial charge in [-0.2, -0.15) is 0 Å². The fraction of sp³-hybridized carbons (Fsp3) is 0.778. The van der Waals surface area contributed by atoms with Crippen LogP contribution in [0.3, 0.4) is 0 Å². The van der Waals surface area contributed by atoms with E-state index in [9.17, 15) is 4.79 Å². The van der Waals surface area contributed by atoms with Gasteiger partial charge in [-0.3, -0.25) is 4.79 Å². The molecule has 5 nitrogen and oxygen atoms in total. The monoisotopic (exact) mass is 349 g/mol. The first-order valence-corrected chi connectivity index (χ1v) is 10.2. The van der Waals surface area contributed by atoms with Crippen LogP contribution in [0.25, 0.3) is 0 Å². The van der Waals surface area contributed by atoms with Gasteiger partial charge in [-0.25, -0.2) is 0 Å². The second kappa shape index (κ2) is 7.08. The molecule has 4 aliphatic rings. The van der Waals surface area contributed by atoms with E-state index in [1.54, 1.807) is 11.8 Å². The summed E-state index contributed by atoms with van der Waals surface area (Å²) in [5, 5.41) is 7.90. The number of thioether (sulfide) groups is 1. The molecule has 3 saturated heterocycles. The van der Waals surface area contributed by atoms with E-state index in [4.69, 9.17) is 4.52 Å². The number of hydrogen-bond donors (Lipinski definition) is 1. The van der Waals surface area contributed by atoms with E-state index in [1.165, 1.54) is 58.0 Å². The second-order valence-corrected chi connectivity index (χ2v) is 8.83. The van der Waals surface area contributed by atoms with E-state index in [0.29, 0.717) is 16.9 Å². The zero-order valence-corrected chi connectivity index (χ0v) is 15.2. The number of nitrogens with one attached hydrogen (secondary N) is 1. The number of hydrogen-bond acceptors (Lipinski definition) is 5. The number of aromatic nitrogens is 1. The highest BCUT2D eigenvalue weighted by atomic mass is 32.2. The maximum atomic E-state index is 12.8. The number of piperidine rings is 3. The van der Waals surface area contributed by atoms with E-state index < -0.39 is 0 Å². The topological polar surface area (TPSA) is 58.4 Å². The van der Waals surface area contributed by atoms with Crippen LogP contribution in [0, 0.1) is 12.8 Å². The van der Waals surface area contributed by atoms with Gasteiger partial charge in [-0.1, -0.05) is 24.4 Å². The molecule has 1 aliphatic carbocycles. The fourth-order valence-corrected chi connectivity index (χ4v) is 5.70. The average Bonchev–Trinajstić information content (AvgIpc) is 2.98. The largest absolute Gasteiger partial charge is 0.350 e. The van der Waals surface area contributed by atoms with E-state index in [1.807, 2.05) is 6.92 Å². The summed E-state index contributed by atoms with van der Waals surface area (Å²) in [4.78, 5) is 16.2. The molecule has 5 rings (SSSR count). The Kier molecular flexibility index (Phi) is 4.86. The third-order valence-corrected chi connectivity index (χ3v) is 7.35. The third kappa shape index (κ3) is 3.36. The highest BCUT2D eigenvalue weighted by Gasteiger charge is 2.36. The average molecular weight is 350 g/mol. The van der Waals surface area contributed by atoms with Gasteiger partial charge in [0, 0.05) is 17.8 Å². The number of amides is 1. The summed E-state index contributed by atoms with van der Waals surface area (Å²) in [6.45, 7) is 5.29. The minimum Gasteiger partial charge on any atom is -0.350 e. The Balaban J connectivity index is 1.44. The van der Waals surface area contributed by atoms with Gasteiger partial charge in [-0.05, 0) is 51.6 Å². The summed E-state index contributed by atoms with van der Waals surface area (Å²) in [6.07, 6.45) is 8.79. The fourth-order valence-electron chi connectivity index (χ4n) is 4.36. The Morgan fingerprint density at radius 1 is 1.21 bits per heavy atom. The lowest BCUT2D eigenvalue weighted by Gasteiger charge is -2.44. The lowest BCUT2D eigenvalue weighted by molar-refractivity contribution is 0.0599. The molecule has 132 valence electrons. The molecule has 3 aliphatic heterocycles. The molecule has 24 heavy (non-hydrogen) atoms. The maximum absolute atomic E-state index is 12.8. The first-order chi connectivity index (χ1) is 11.7. The van der Waals surface area contributed by atoms with Crippen molar-refractivity contribution in [1.29, 1.82) is 0 Å². The van der Waals surface area contributed by atoms with Gasteiger partial charge in [-0.15, -0.1) is 11.8 Å². The first kappa shape index (κ1) is 16.5. The van der Waals surface area contributed by atoms with Crippen LogP contribution in [0.4, 0.5) is 0 Å². The molecule has 1 N–H and O–H groups in total. The highest BCUT2D eigenvalue weighted by molar-refractivity contribution is 8.00. The Labute approximate surface area is 147 Å². The Morgan fingerprint density at radius 2 is 1.96 bits per heavy atom. The summed E-state index contributed by atoms with van der Waals surface area (Å²) in [6, 6.07) is 0.262. The standard InChI is InChI=1S/C18H27N3O2S/c1-12-17(24-14-5-3-2-4-6-14)16(23-20-12)18(22)19-15-11-21-9-7-13(15)8-10-21/h13-15H,2-11H2,1H3,(H,19,22). The van der Waals surface area contributed by atoms with Crippen LogP contribution in [0.15, 0.2) is 9.42 Å². The van der Waals surface area contributed by atoms with Crippen molar-refractivity contribution >= 4 is 17.7 Å². The number of aryl methyl sites for hydroxylation is 1. The van der Waals surface area contributed by atoms with E-state index >= 15 is 0 Å². The predicted octanol–water partition coefficient (Wildman–Crippen LogP) is 3.23. The highest BCUT2D eigenvalue weighted by Crippen LogP contribution is 2.37. The van der Waals surface area contributed by atoms with Crippen LogP contribution in [0.5, 0.6) is 0 Å². The molecule has 1 unspecified atom stereocenters. The normalized spacial score (nSPS) is 30.5. The Bertz CT molecular complexity index is 589. The number of fused-ring (bicyclic) bond motifs is 3. The number of nitrogens with zero attached hydrogens (tertiary/aromatic N) is 2. The summed E-state index contributed by atoms with van der Waals surface area (Å²) in [5.41, 5.74) is 0.852. The Hall–Kier alpha value is -1.01. The minimum atomic E-state index is -0.0762. The first-order valence-electron chi connectivity index (χ1n) is 9.37. The summed E-state index contributed by atoms with van der Waals surface area (Å²) < 4.78 is 5.42. The van der Waals surface area contributed by atoms with Gasteiger partial charge in [0.25, 0.3) is 5.91 Å². The van der Waals surface area contributed by atoms with Gasteiger partial charge in [0.05, 0.1) is 10.6 Å². The smallest absolute Gasteiger partial charge is 0.291 e. The number of carbonyl (C=O) groups is 1. The Morgan fingerprint density at radius 3 is 2.62 bits per heavy atom. The van der Waals surface area contributed by atoms with Crippen molar-refractivity contribution < 1.29 is 9.32 Å². The van der Waals surface area contributed by atoms with E-state index in [-0.39, 0.29) is 11.9 Å². The SMILES string of the molecule is Cc1noc(C(=O)NC2CN3CCC2CC3)c1SC1CCCCC1. The molecule has 1 saturated carbocycles. The molecule has 1 aromatic heterocycles. The van der Waals surface area contributed by atoms with Crippen LogP contribution < -0.4 is 5.32 Å². The lowest BCUT2D eigenvalue weighted by atomic mass is 9.84. The molecular weight excluding hydrogens is 322 g/mol.